The molecule has 8 heteroatoms. The van der Waals surface area contributed by atoms with Crippen molar-refractivity contribution < 1.29 is 4.74 Å². The maximum Gasteiger partial charge on any atom is 0.241 e. The Morgan fingerprint density at radius 2 is 1.86 bits per heavy atom. The summed E-state index contributed by atoms with van der Waals surface area (Å²) in [6, 6.07) is 0. The molecule has 0 saturated carbocycles. The minimum Gasteiger partial charge on any atom is -0.372 e. The molecule has 1 saturated heterocycles. The van der Waals surface area contributed by atoms with E-state index >= 15 is 0 Å². The Morgan fingerprint density at radius 3 is 2.48 bits per heavy atom. The molecule has 0 aromatic carbocycles. The van der Waals surface area contributed by atoms with Gasteiger partial charge in [0.2, 0.25) is 17.8 Å². The Bertz CT molecular complexity index is 591. The van der Waals surface area contributed by atoms with E-state index in [0.29, 0.717) is 17.8 Å². The number of nitrogens with one attached hydrogen (secondary N) is 1. The van der Waals surface area contributed by atoms with Gasteiger partial charge in [-0.25, -0.2) is 4.98 Å². The highest BCUT2D eigenvalue weighted by Crippen LogP contribution is 2.18. The van der Waals surface area contributed by atoms with Crippen LogP contribution in [0.2, 0.25) is 0 Å². The number of nitrogens with zero attached hydrogens (tertiary/aromatic N) is 6. The summed E-state index contributed by atoms with van der Waals surface area (Å²) in [6.07, 6.45) is 5.48. The van der Waals surface area contributed by atoms with E-state index in [0.717, 1.165) is 13.1 Å². The highest BCUT2D eigenvalue weighted by Gasteiger charge is 2.25. The SMILES string of the molecule is CNc1nc(N2C[C@@H](C)O[C@@H](C)C2)nc(-n2ccnc2)n1. The zero-order valence-corrected chi connectivity index (χ0v) is 12.4. The summed E-state index contributed by atoms with van der Waals surface area (Å²) in [5, 5.41) is 2.98. The summed E-state index contributed by atoms with van der Waals surface area (Å²) in [7, 11) is 1.79. The van der Waals surface area contributed by atoms with E-state index in [9.17, 15) is 0 Å². The molecular weight excluding hydrogens is 270 g/mol. The highest BCUT2D eigenvalue weighted by atomic mass is 16.5. The Morgan fingerprint density at radius 1 is 1.14 bits per heavy atom. The van der Waals surface area contributed by atoms with Crippen molar-refractivity contribution in [3.8, 4) is 5.95 Å². The number of ether oxygens (including phenoxy) is 1. The summed E-state index contributed by atoms with van der Waals surface area (Å²) in [6.45, 7) is 5.64. The van der Waals surface area contributed by atoms with E-state index < -0.39 is 0 Å². The fraction of sp³-hybridized carbons (Fsp3) is 0.538. The second kappa shape index (κ2) is 5.65. The summed E-state index contributed by atoms with van der Waals surface area (Å²) < 4.78 is 7.52. The molecule has 0 bridgehead atoms. The molecule has 0 unspecified atom stereocenters. The smallest absolute Gasteiger partial charge is 0.241 e. The average Bonchev–Trinajstić information content (AvgIpc) is 3.00. The van der Waals surface area contributed by atoms with Crippen LogP contribution >= 0.6 is 0 Å². The predicted octanol–water partition coefficient (Wildman–Crippen LogP) is 0.713. The van der Waals surface area contributed by atoms with Crippen LogP contribution in [-0.4, -0.2) is 56.8 Å². The Balaban J connectivity index is 1.96. The van der Waals surface area contributed by atoms with Gasteiger partial charge >= 0.3 is 0 Å². The van der Waals surface area contributed by atoms with Crippen LogP contribution in [0.5, 0.6) is 0 Å². The van der Waals surface area contributed by atoms with Gasteiger partial charge in [0.1, 0.15) is 6.33 Å². The van der Waals surface area contributed by atoms with Crippen LogP contribution in [0, 0.1) is 0 Å². The minimum absolute atomic E-state index is 0.153. The lowest BCUT2D eigenvalue weighted by Gasteiger charge is -2.35. The standard InChI is InChI=1S/C13H19N7O/c1-9-6-20(7-10(2)21-9)13-17-11(14-3)16-12(18-13)19-5-4-15-8-19/h4-5,8-10H,6-7H2,1-3H3,(H,14,16,17,18)/t9-,10+. The molecule has 1 fully saturated rings. The van der Waals surface area contributed by atoms with Crippen molar-refractivity contribution in [1.82, 2.24) is 24.5 Å². The summed E-state index contributed by atoms with van der Waals surface area (Å²) in [4.78, 5) is 19.5. The number of imidazole rings is 1. The largest absolute Gasteiger partial charge is 0.372 e. The zero-order valence-electron chi connectivity index (χ0n) is 12.4. The number of morpholine rings is 1. The number of hydrogen-bond acceptors (Lipinski definition) is 7. The molecule has 1 aliphatic rings. The summed E-state index contributed by atoms with van der Waals surface area (Å²) >= 11 is 0. The molecular formula is C13H19N7O. The molecule has 3 heterocycles. The molecule has 0 spiro atoms. The van der Waals surface area contributed by atoms with E-state index in [-0.39, 0.29) is 12.2 Å². The number of rotatable bonds is 3. The summed E-state index contributed by atoms with van der Waals surface area (Å²) in [5.41, 5.74) is 0. The third kappa shape index (κ3) is 2.94. The fourth-order valence-corrected chi connectivity index (χ4v) is 2.44. The van der Waals surface area contributed by atoms with Gasteiger partial charge in [0, 0.05) is 32.5 Å². The molecule has 0 aliphatic carbocycles. The quantitative estimate of drug-likeness (QED) is 0.891. The van der Waals surface area contributed by atoms with E-state index in [1.807, 2.05) is 6.20 Å². The molecule has 112 valence electrons. The third-order valence-corrected chi connectivity index (χ3v) is 3.27. The lowest BCUT2D eigenvalue weighted by atomic mass is 10.2. The number of aromatic nitrogens is 5. The van der Waals surface area contributed by atoms with Crippen LogP contribution in [0.25, 0.3) is 5.95 Å². The van der Waals surface area contributed by atoms with Gasteiger partial charge in [-0.2, -0.15) is 15.0 Å². The Labute approximate surface area is 123 Å². The monoisotopic (exact) mass is 289 g/mol. The van der Waals surface area contributed by atoms with Gasteiger partial charge in [0.25, 0.3) is 0 Å². The van der Waals surface area contributed by atoms with Crippen molar-refractivity contribution >= 4 is 11.9 Å². The molecule has 1 N–H and O–H groups in total. The van der Waals surface area contributed by atoms with Gasteiger partial charge in [-0.1, -0.05) is 0 Å². The predicted molar refractivity (Wildman–Crippen MR) is 78.7 cm³/mol. The minimum atomic E-state index is 0.153. The zero-order chi connectivity index (χ0) is 14.8. The number of hydrogen-bond donors (Lipinski definition) is 1. The van der Waals surface area contributed by atoms with Gasteiger partial charge in [-0.3, -0.25) is 4.57 Å². The van der Waals surface area contributed by atoms with Crippen molar-refractivity contribution in [1.29, 1.82) is 0 Å². The highest BCUT2D eigenvalue weighted by molar-refractivity contribution is 5.40. The lowest BCUT2D eigenvalue weighted by Crippen LogP contribution is -2.46. The number of anilines is 2. The first-order valence-corrected chi connectivity index (χ1v) is 6.98. The van der Waals surface area contributed by atoms with Gasteiger partial charge in [-0.15, -0.1) is 0 Å². The van der Waals surface area contributed by atoms with Crippen molar-refractivity contribution in [2.75, 3.05) is 30.4 Å². The molecule has 3 rings (SSSR count). The van der Waals surface area contributed by atoms with Crippen LogP contribution in [0.4, 0.5) is 11.9 Å². The van der Waals surface area contributed by atoms with E-state index in [1.165, 1.54) is 0 Å². The second-order valence-corrected chi connectivity index (χ2v) is 5.14. The molecule has 21 heavy (non-hydrogen) atoms. The molecule has 0 radical (unpaired) electrons. The molecule has 2 aromatic rings. The second-order valence-electron chi connectivity index (χ2n) is 5.14. The van der Waals surface area contributed by atoms with Crippen LogP contribution in [-0.2, 0) is 4.74 Å². The maximum absolute atomic E-state index is 5.75. The molecule has 2 atom stereocenters. The van der Waals surface area contributed by atoms with Crippen molar-refractivity contribution in [3.05, 3.63) is 18.7 Å². The summed E-state index contributed by atoms with van der Waals surface area (Å²) in [5.74, 6) is 1.74. The van der Waals surface area contributed by atoms with Crippen molar-refractivity contribution in [2.24, 2.45) is 0 Å². The Hall–Kier alpha value is -2.22. The first-order chi connectivity index (χ1) is 10.2. The molecule has 0 amide bonds. The van der Waals surface area contributed by atoms with Gasteiger partial charge in [0.05, 0.1) is 12.2 Å². The molecule has 1 aliphatic heterocycles. The van der Waals surface area contributed by atoms with Crippen molar-refractivity contribution in [2.45, 2.75) is 26.1 Å². The van der Waals surface area contributed by atoms with Gasteiger partial charge in [0.15, 0.2) is 0 Å². The lowest BCUT2D eigenvalue weighted by molar-refractivity contribution is -0.00572. The van der Waals surface area contributed by atoms with Crippen LogP contribution in [0.1, 0.15) is 13.8 Å². The first-order valence-electron chi connectivity index (χ1n) is 6.98. The van der Waals surface area contributed by atoms with E-state index in [1.54, 1.807) is 24.1 Å². The van der Waals surface area contributed by atoms with Crippen molar-refractivity contribution in [3.63, 3.8) is 0 Å². The maximum atomic E-state index is 5.75. The van der Waals surface area contributed by atoms with E-state index in [4.69, 9.17) is 4.74 Å². The normalized spacial score (nSPS) is 22.3. The van der Waals surface area contributed by atoms with Crippen LogP contribution < -0.4 is 10.2 Å². The van der Waals surface area contributed by atoms with Crippen LogP contribution in [0.3, 0.4) is 0 Å². The van der Waals surface area contributed by atoms with Gasteiger partial charge < -0.3 is 15.0 Å². The fourth-order valence-electron chi connectivity index (χ4n) is 2.44. The van der Waals surface area contributed by atoms with Gasteiger partial charge in [-0.05, 0) is 13.8 Å². The molecule has 2 aromatic heterocycles. The molecule has 8 nitrogen and oxygen atoms in total. The topological polar surface area (TPSA) is 81.0 Å². The average molecular weight is 289 g/mol. The Kier molecular flexibility index (Phi) is 3.70. The third-order valence-electron chi connectivity index (χ3n) is 3.27. The van der Waals surface area contributed by atoms with E-state index in [2.05, 4.69) is 44.0 Å². The first kappa shape index (κ1) is 13.7. The van der Waals surface area contributed by atoms with Crippen LogP contribution in [0.15, 0.2) is 18.7 Å².